The monoisotopic (exact) mass is 323 g/mol. The first-order valence-corrected chi connectivity index (χ1v) is 7.21. The molecule has 1 N–H and O–H groups in total. The highest BCUT2D eigenvalue weighted by Crippen LogP contribution is 2.19. The van der Waals surface area contributed by atoms with Crippen LogP contribution in [0.3, 0.4) is 0 Å². The van der Waals surface area contributed by atoms with Crippen LogP contribution in [0.25, 0.3) is 0 Å². The van der Waals surface area contributed by atoms with Gasteiger partial charge in [-0.05, 0) is 42.3 Å². The summed E-state index contributed by atoms with van der Waals surface area (Å²) in [4.78, 5) is 12.0. The quantitative estimate of drug-likeness (QED) is 0.904. The maximum atomic E-state index is 12.0. The van der Waals surface area contributed by atoms with Gasteiger partial charge in [0.15, 0.2) is 0 Å². The zero-order chi connectivity index (χ0) is 15.2. The molecule has 3 nitrogen and oxygen atoms in total. The first-order valence-electron chi connectivity index (χ1n) is 6.45. The summed E-state index contributed by atoms with van der Waals surface area (Å²) in [6, 6.07) is 12.5. The fourth-order valence-corrected chi connectivity index (χ4v) is 2.46. The van der Waals surface area contributed by atoms with Gasteiger partial charge in [-0.1, -0.05) is 35.3 Å². The second kappa shape index (κ2) is 7.34. The number of carbonyl (C=O) groups excluding carboxylic acids is 1. The Morgan fingerprint density at radius 1 is 1.14 bits per heavy atom. The highest BCUT2D eigenvalue weighted by molar-refractivity contribution is 6.35. The molecule has 0 saturated heterocycles. The Kier molecular flexibility index (Phi) is 5.48. The van der Waals surface area contributed by atoms with Gasteiger partial charge in [0.05, 0.1) is 7.11 Å². The van der Waals surface area contributed by atoms with Crippen LogP contribution in [0, 0.1) is 0 Å². The lowest BCUT2D eigenvalue weighted by Gasteiger charge is -2.07. The molecule has 0 spiro atoms. The summed E-state index contributed by atoms with van der Waals surface area (Å²) in [6.07, 6.45) is 0.719. The minimum absolute atomic E-state index is 0.192. The van der Waals surface area contributed by atoms with Crippen LogP contribution in [0.5, 0.6) is 5.75 Å². The molecule has 0 unspecified atom stereocenters. The molecule has 0 aliphatic heterocycles. The molecule has 2 aromatic carbocycles. The van der Waals surface area contributed by atoms with E-state index in [-0.39, 0.29) is 5.91 Å². The van der Waals surface area contributed by atoms with Crippen molar-refractivity contribution in [3.63, 3.8) is 0 Å². The first kappa shape index (κ1) is 15.7. The number of nitrogens with one attached hydrogen (secondary N) is 1. The number of hydrogen-bond donors (Lipinski definition) is 1. The van der Waals surface area contributed by atoms with Crippen molar-refractivity contribution in [2.45, 2.75) is 6.42 Å². The fourth-order valence-electron chi connectivity index (χ4n) is 1.94. The zero-order valence-corrected chi connectivity index (χ0v) is 13.0. The molecule has 0 atom stereocenters. The SMILES string of the molecule is COc1cccc(CCNC(=O)c2cc(Cl)cc(Cl)c2)c1. The van der Waals surface area contributed by atoms with Crippen molar-refractivity contribution < 1.29 is 9.53 Å². The number of hydrogen-bond acceptors (Lipinski definition) is 2. The highest BCUT2D eigenvalue weighted by Gasteiger charge is 2.07. The second-order valence-electron chi connectivity index (χ2n) is 4.52. The predicted octanol–water partition coefficient (Wildman–Crippen LogP) is 3.97. The van der Waals surface area contributed by atoms with E-state index < -0.39 is 0 Å². The number of benzene rings is 2. The molecule has 0 bridgehead atoms. The zero-order valence-electron chi connectivity index (χ0n) is 11.5. The van der Waals surface area contributed by atoms with Gasteiger partial charge in [0, 0.05) is 22.2 Å². The Morgan fingerprint density at radius 3 is 2.52 bits per heavy atom. The first-order chi connectivity index (χ1) is 10.1. The lowest BCUT2D eigenvalue weighted by atomic mass is 10.1. The van der Waals surface area contributed by atoms with E-state index in [1.54, 1.807) is 25.3 Å². The average molecular weight is 324 g/mol. The van der Waals surface area contributed by atoms with Crippen molar-refractivity contribution in [2.75, 3.05) is 13.7 Å². The summed E-state index contributed by atoms with van der Waals surface area (Å²) in [5.41, 5.74) is 1.55. The summed E-state index contributed by atoms with van der Waals surface area (Å²) in [6.45, 7) is 0.524. The lowest BCUT2D eigenvalue weighted by molar-refractivity contribution is 0.0954. The lowest BCUT2D eigenvalue weighted by Crippen LogP contribution is -2.25. The van der Waals surface area contributed by atoms with E-state index in [0.717, 1.165) is 17.7 Å². The van der Waals surface area contributed by atoms with Crippen molar-refractivity contribution in [3.8, 4) is 5.75 Å². The van der Waals surface area contributed by atoms with Crippen LogP contribution >= 0.6 is 23.2 Å². The molecular weight excluding hydrogens is 309 g/mol. The third-order valence-electron chi connectivity index (χ3n) is 2.96. The predicted molar refractivity (Wildman–Crippen MR) is 85.5 cm³/mol. The Hall–Kier alpha value is -1.71. The Bertz CT molecular complexity index is 624. The van der Waals surface area contributed by atoms with Crippen LogP contribution in [-0.2, 0) is 6.42 Å². The van der Waals surface area contributed by atoms with E-state index in [4.69, 9.17) is 27.9 Å². The topological polar surface area (TPSA) is 38.3 Å². The van der Waals surface area contributed by atoms with E-state index in [0.29, 0.717) is 22.2 Å². The maximum absolute atomic E-state index is 12.0. The van der Waals surface area contributed by atoms with E-state index in [1.807, 2.05) is 24.3 Å². The Morgan fingerprint density at radius 2 is 1.86 bits per heavy atom. The molecule has 0 fully saturated rings. The number of halogens is 2. The molecule has 0 heterocycles. The van der Waals surface area contributed by atoms with E-state index in [2.05, 4.69) is 5.32 Å². The van der Waals surface area contributed by atoms with Crippen LogP contribution < -0.4 is 10.1 Å². The van der Waals surface area contributed by atoms with Crippen molar-refractivity contribution >= 4 is 29.1 Å². The molecule has 2 aromatic rings. The van der Waals surface area contributed by atoms with Crippen LogP contribution in [0.4, 0.5) is 0 Å². The Labute approximate surface area is 133 Å². The molecule has 1 amide bonds. The molecule has 0 aromatic heterocycles. The summed E-state index contributed by atoms with van der Waals surface area (Å²) in [5.74, 6) is 0.614. The van der Waals surface area contributed by atoms with Crippen molar-refractivity contribution in [1.29, 1.82) is 0 Å². The maximum Gasteiger partial charge on any atom is 0.251 e. The smallest absolute Gasteiger partial charge is 0.251 e. The summed E-state index contributed by atoms with van der Waals surface area (Å²) >= 11 is 11.8. The molecule has 21 heavy (non-hydrogen) atoms. The minimum atomic E-state index is -0.192. The van der Waals surface area contributed by atoms with Crippen LogP contribution in [0.15, 0.2) is 42.5 Å². The summed E-state index contributed by atoms with van der Waals surface area (Å²) in [5, 5.41) is 3.73. The van der Waals surface area contributed by atoms with Crippen molar-refractivity contribution in [2.24, 2.45) is 0 Å². The number of methoxy groups -OCH3 is 1. The van der Waals surface area contributed by atoms with Crippen LogP contribution in [-0.4, -0.2) is 19.6 Å². The molecule has 0 aliphatic rings. The van der Waals surface area contributed by atoms with Crippen molar-refractivity contribution in [1.82, 2.24) is 5.32 Å². The number of amides is 1. The number of ether oxygens (including phenoxy) is 1. The Balaban J connectivity index is 1.92. The fraction of sp³-hybridized carbons (Fsp3) is 0.188. The third-order valence-corrected chi connectivity index (χ3v) is 3.39. The molecule has 110 valence electrons. The van der Waals surface area contributed by atoms with Gasteiger partial charge in [-0.15, -0.1) is 0 Å². The largest absolute Gasteiger partial charge is 0.497 e. The molecule has 2 rings (SSSR count). The average Bonchev–Trinajstić information content (AvgIpc) is 2.46. The standard InChI is InChI=1S/C16H15Cl2NO2/c1-21-15-4-2-3-11(7-15)5-6-19-16(20)12-8-13(17)10-14(18)9-12/h2-4,7-10H,5-6H2,1H3,(H,19,20). The third kappa shape index (κ3) is 4.66. The second-order valence-corrected chi connectivity index (χ2v) is 5.39. The number of carbonyl (C=O) groups is 1. The molecular formula is C16H15Cl2NO2. The van der Waals surface area contributed by atoms with Gasteiger partial charge in [-0.3, -0.25) is 4.79 Å². The van der Waals surface area contributed by atoms with Gasteiger partial charge in [-0.25, -0.2) is 0 Å². The molecule has 5 heteroatoms. The molecule has 0 radical (unpaired) electrons. The number of rotatable bonds is 5. The normalized spacial score (nSPS) is 10.2. The van der Waals surface area contributed by atoms with Gasteiger partial charge >= 0.3 is 0 Å². The van der Waals surface area contributed by atoms with Crippen LogP contribution in [0.1, 0.15) is 15.9 Å². The molecule has 0 saturated carbocycles. The van der Waals surface area contributed by atoms with E-state index in [9.17, 15) is 4.79 Å². The summed E-state index contributed by atoms with van der Waals surface area (Å²) in [7, 11) is 1.63. The minimum Gasteiger partial charge on any atom is -0.497 e. The van der Waals surface area contributed by atoms with Crippen molar-refractivity contribution in [3.05, 3.63) is 63.6 Å². The summed E-state index contributed by atoms with van der Waals surface area (Å²) < 4.78 is 5.16. The van der Waals surface area contributed by atoms with Gasteiger partial charge in [0.2, 0.25) is 0 Å². The van der Waals surface area contributed by atoms with Gasteiger partial charge < -0.3 is 10.1 Å². The highest BCUT2D eigenvalue weighted by atomic mass is 35.5. The van der Waals surface area contributed by atoms with Gasteiger partial charge in [0.1, 0.15) is 5.75 Å². The van der Waals surface area contributed by atoms with Gasteiger partial charge in [-0.2, -0.15) is 0 Å². The van der Waals surface area contributed by atoms with E-state index in [1.165, 1.54) is 0 Å². The molecule has 0 aliphatic carbocycles. The van der Waals surface area contributed by atoms with E-state index >= 15 is 0 Å². The van der Waals surface area contributed by atoms with Crippen LogP contribution in [0.2, 0.25) is 10.0 Å². The van der Waals surface area contributed by atoms with Gasteiger partial charge in [0.25, 0.3) is 5.91 Å².